The maximum atomic E-state index is 12.7. The van der Waals surface area contributed by atoms with Gasteiger partial charge in [0.1, 0.15) is 5.82 Å². The van der Waals surface area contributed by atoms with Crippen LogP contribution < -0.4 is 15.2 Å². The summed E-state index contributed by atoms with van der Waals surface area (Å²) in [5.74, 6) is 0.125. The summed E-state index contributed by atoms with van der Waals surface area (Å²) in [4.78, 5) is 14.9. The van der Waals surface area contributed by atoms with E-state index < -0.39 is 10.2 Å². The van der Waals surface area contributed by atoms with E-state index in [0.717, 1.165) is 18.8 Å². The highest BCUT2D eigenvalue weighted by molar-refractivity contribution is 7.91. The fourth-order valence-corrected chi connectivity index (χ4v) is 4.31. The second-order valence-corrected chi connectivity index (χ2v) is 8.64. The molecule has 3 aromatic rings. The van der Waals surface area contributed by atoms with Crippen LogP contribution in [0.15, 0.2) is 69.0 Å². The Hall–Kier alpha value is -3.44. The van der Waals surface area contributed by atoms with Crippen LogP contribution in [0.25, 0.3) is 5.69 Å². The molecule has 0 bridgehead atoms. The van der Waals surface area contributed by atoms with Crippen LogP contribution in [0.2, 0.25) is 0 Å². The van der Waals surface area contributed by atoms with E-state index in [2.05, 4.69) is 19.3 Å². The molecule has 0 spiro atoms. The zero-order chi connectivity index (χ0) is 22.7. The van der Waals surface area contributed by atoms with Gasteiger partial charge in [-0.3, -0.25) is 9.48 Å². The second-order valence-electron chi connectivity index (χ2n) is 7.32. The van der Waals surface area contributed by atoms with Gasteiger partial charge in [0.25, 0.3) is 5.56 Å². The Balaban J connectivity index is 1.52. The van der Waals surface area contributed by atoms with Crippen molar-refractivity contribution >= 4 is 27.4 Å². The average molecular weight is 457 g/mol. The summed E-state index contributed by atoms with van der Waals surface area (Å²) in [7, 11) is -2.59. The van der Waals surface area contributed by atoms with Crippen LogP contribution in [0, 0.1) is 6.92 Å². The van der Waals surface area contributed by atoms with Crippen molar-refractivity contribution in [1.82, 2.24) is 9.36 Å². The molecule has 0 unspecified atom stereocenters. The van der Waals surface area contributed by atoms with Crippen molar-refractivity contribution in [2.24, 2.45) is 16.7 Å². The molecule has 1 saturated heterocycles. The quantitative estimate of drug-likeness (QED) is 0.574. The van der Waals surface area contributed by atoms with Crippen molar-refractivity contribution in [3.63, 3.8) is 0 Å². The lowest BCUT2D eigenvalue weighted by Crippen LogP contribution is -2.36. The van der Waals surface area contributed by atoms with Crippen LogP contribution in [0.4, 0.5) is 17.2 Å². The molecule has 0 amide bonds. The zero-order valence-electron chi connectivity index (χ0n) is 17.8. The minimum Gasteiger partial charge on any atom is -0.378 e. The van der Waals surface area contributed by atoms with Crippen molar-refractivity contribution in [1.29, 1.82) is 0 Å². The molecule has 1 aromatic heterocycles. The molecular formula is C21H24N6O4S. The predicted molar refractivity (Wildman–Crippen MR) is 122 cm³/mol. The summed E-state index contributed by atoms with van der Waals surface area (Å²) in [6.45, 7) is 4.53. The summed E-state index contributed by atoms with van der Waals surface area (Å²) in [5.41, 5.74) is 1.97. The Labute approximate surface area is 185 Å². The molecule has 0 radical (unpaired) electrons. The molecule has 11 heteroatoms. The first kappa shape index (κ1) is 21.8. The molecule has 168 valence electrons. The lowest BCUT2D eigenvalue weighted by atomic mass is 10.2. The summed E-state index contributed by atoms with van der Waals surface area (Å²) < 4.78 is 39.1. The summed E-state index contributed by atoms with van der Waals surface area (Å²) in [6.07, 6.45) is 0. The minimum atomic E-state index is -4.19. The van der Waals surface area contributed by atoms with Crippen LogP contribution in [-0.2, 0) is 22.0 Å². The van der Waals surface area contributed by atoms with Gasteiger partial charge in [-0.05, 0) is 47.8 Å². The van der Waals surface area contributed by atoms with Crippen LogP contribution in [0.1, 0.15) is 5.56 Å². The highest BCUT2D eigenvalue weighted by Gasteiger charge is 2.20. The third kappa shape index (κ3) is 4.58. The lowest BCUT2D eigenvalue weighted by molar-refractivity contribution is 0.122. The van der Waals surface area contributed by atoms with Gasteiger partial charge in [-0.25, -0.2) is 9.40 Å². The number of hydrogen-bond acceptors (Lipinski definition) is 6. The van der Waals surface area contributed by atoms with E-state index in [1.807, 2.05) is 18.2 Å². The zero-order valence-corrected chi connectivity index (χ0v) is 18.6. The molecule has 1 N–H and O–H groups in total. The smallest absolute Gasteiger partial charge is 0.361 e. The SMILES string of the molecule is Cc1c(NS(=O)(=O)N=Nc2ccc(N3CCOCC3)cc2)n(C)n(-c2ccccc2)c1=O. The molecule has 1 aliphatic heterocycles. The standard InChI is InChI=1S/C21H24N6O4S/c1-16-20(25(2)27(21(16)28)19-6-4-3-5-7-19)23-32(29,30)24-22-17-8-10-18(11-9-17)26-12-14-31-15-13-26/h3-11,23H,12-15H2,1-2H3. The Morgan fingerprint density at radius 2 is 1.62 bits per heavy atom. The minimum absolute atomic E-state index is 0.125. The number of rotatable bonds is 6. The highest BCUT2D eigenvalue weighted by atomic mass is 32.2. The molecule has 2 heterocycles. The summed E-state index contributed by atoms with van der Waals surface area (Å²) in [6, 6.07) is 16.1. The maximum Gasteiger partial charge on any atom is 0.361 e. The van der Waals surface area contributed by atoms with E-state index in [1.54, 1.807) is 50.4 Å². The topological polar surface area (TPSA) is 110 Å². The van der Waals surface area contributed by atoms with Crippen molar-refractivity contribution in [2.45, 2.75) is 6.92 Å². The fraction of sp³-hybridized carbons (Fsp3) is 0.286. The molecule has 0 aliphatic carbocycles. The monoisotopic (exact) mass is 456 g/mol. The third-order valence-electron chi connectivity index (χ3n) is 5.21. The van der Waals surface area contributed by atoms with Gasteiger partial charge in [-0.1, -0.05) is 18.2 Å². The largest absolute Gasteiger partial charge is 0.378 e. The van der Waals surface area contributed by atoms with E-state index in [0.29, 0.717) is 24.6 Å². The number of anilines is 2. The third-order valence-corrected chi connectivity index (χ3v) is 5.96. The van der Waals surface area contributed by atoms with E-state index >= 15 is 0 Å². The predicted octanol–water partition coefficient (Wildman–Crippen LogP) is 2.76. The van der Waals surface area contributed by atoms with Gasteiger partial charge in [0, 0.05) is 25.8 Å². The molecule has 10 nitrogen and oxygen atoms in total. The van der Waals surface area contributed by atoms with E-state index in [-0.39, 0.29) is 16.9 Å². The van der Waals surface area contributed by atoms with Gasteiger partial charge in [0.05, 0.1) is 30.2 Å². The van der Waals surface area contributed by atoms with Gasteiger partial charge >= 0.3 is 10.2 Å². The van der Waals surface area contributed by atoms with Gasteiger partial charge in [0.15, 0.2) is 0 Å². The molecule has 1 aliphatic rings. The van der Waals surface area contributed by atoms with E-state index in [9.17, 15) is 13.2 Å². The Kier molecular flexibility index (Phi) is 6.10. The average Bonchev–Trinajstić information content (AvgIpc) is 3.02. The molecular weight excluding hydrogens is 432 g/mol. The molecule has 0 atom stereocenters. The Morgan fingerprint density at radius 1 is 0.969 bits per heavy atom. The van der Waals surface area contributed by atoms with Crippen molar-refractivity contribution < 1.29 is 13.2 Å². The van der Waals surface area contributed by atoms with Crippen LogP contribution in [-0.4, -0.2) is 44.1 Å². The number of nitrogens with one attached hydrogen (secondary N) is 1. The molecule has 4 rings (SSSR count). The highest BCUT2D eigenvalue weighted by Crippen LogP contribution is 2.22. The van der Waals surface area contributed by atoms with Crippen molar-refractivity contribution in [2.75, 3.05) is 35.9 Å². The molecule has 0 saturated carbocycles. The van der Waals surface area contributed by atoms with Gasteiger partial charge in [0.2, 0.25) is 0 Å². The Bertz CT molecular complexity index is 1270. The fourth-order valence-electron chi connectivity index (χ4n) is 3.54. The van der Waals surface area contributed by atoms with Crippen LogP contribution in [0.5, 0.6) is 0 Å². The molecule has 2 aromatic carbocycles. The number of ether oxygens (including phenoxy) is 1. The number of benzene rings is 2. The lowest BCUT2D eigenvalue weighted by Gasteiger charge is -2.28. The number of hydrogen-bond donors (Lipinski definition) is 1. The van der Waals surface area contributed by atoms with E-state index in [1.165, 1.54) is 9.36 Å². The van der Waals surface area contributed by atoms with Crippen molar-refractivity contribution in [3.8, 4) is 5.69 Å². The number of para-hydroxylation sites is 1. The van der Waals surface area contributed by atoms with Gasteiger partial charge in [-0.2, -0.15) is 8.42 Å². The first-order valence-electron chi connectivity index (χ1n) is 10.1. The first-order chi connectivity index (χ1) is 15.4. The first-order valence-corrected chi connectivity index (χ1v) is 11.5. The summed E-state index contributed by atoms with van der Waals surface area (Å²) in [5, 5.41) is 3.84. The molecule has 32 heavy (non-hydrogen) atoms. The second kappa shape index (κ2) is 8.97. The molecule has 1 fully saturated rings. The van der Waals surface area contributed by atoms with Gasteiger partial charge in [-0.15, -0.1) is 5.11 Å². The van der Waals surface area contributed by atoms with Gasteiger partial charge < -0.3 is 9.64 Å². The summed E-state index contributed by atoms with van der Waals surface area (Å²) >= 11 is 0. The number of aromatic nitrogens is 2. The van der Waals surface area contributed by atoms with Crippen molar-refractivity contribution in [3.05, 3.63) is 70.5 Å². The number of morpholine rings is 1. The normalized spacial score (nSPS) is 14.8. The van der Waals surface area contributed by atoms with Crippen LogP contribution in [0.3, 0.4) is 0 Å². The Morgan fingerprint density at radius 3 is 2.28 bits per heavy atom. The number of nitrogens with zero attached hydrogens (tertiary/aromatic N) is 5. The van der Waals surface area contributed by atoms with E-state index in [4.69, 9.17) is 4.74 Å². The van der Waals surface area contributed by atoms with Crippen LogP contribution >= 0.6 is 0 Å². The maximum absolute atomic E-state index is 12.7.